The molecule has 1 heterocycles. The van der Waals surface area contributed by atoms with Crippen LogP contribution in [0.4, 0.5) is 11.4 Å². The lowest BCUT2D eigenvalue weighted by molar-refractivity contribution is 0.790. The first-order valence-corrected chi connectivity index (χ1v) is 9.79. The molecule has 3 aromatic carbocycles. The van der Waals surface area contributed by atoms with Gasteiger partial charge < -0.3 is 0 Å². The van der Waals surface area contributed by atoms with Crippen LogP contribution >= 0.6 is 0 Å². The van der Waals surface area contributed by atoms with Gasteiger partial charge in [-0.3, -0.25) is 4.90 Å². The predicted octanol–water partition coefficient (Wildman–Crippen LogP) is 6.26. The van der Waals surface area contributed by atoms with Crippen molar-refractivity contribution in [3.05, 3.63) is 91.0 Å². The Morgan fingerprint density at radius 3 is 2.11 bits per heavy atom. The third-order valence-electron chi connectivity index (χ3n) is 4.71. The maximum atomic E-state index is 4.50. The average Bonchev–Trinajstić information content (AvgIpc) is 3.18. The molecule has 0 fully saturated rings. The summed E-state index contributed by atoms with van der Waals surface area (Å²) in [5, 5.41) is 8.89. The quantitative estimate of drug-likeness (QED) is 0.361. The van der Waals surface area contributed by atoms with Gasteiger partial charge in [-0.15, -0.1) is 5.10 Å². The fourth-order valence-electron chi connectivity index (χ4n) is 3.31. The van der Waals surface area contributed by atoms with Gasteiger partial charge in [-0.2, -0.15) is 4.68 Å². The van der Waals surface area contributed by atoms with Crippen molar-refractivity contribution in [1.82, 2.24) is 15.0 Å². The lowest BCUT2D eigenvalue weighted by Crippen LogP contribution is -2.21. The van der Waals surface area contributed by atoms with Crippen molar-refractivity contribution < 1.29 is 0 Å². The summed E-state index contributed by atoms with van der Waals surface area (Å²) in [6.07, 6.45) is 5.53. The van der Waals surface area contributed by atoms with Crippen molar-refractivity contribution in [3.63, 3.8) is 0 Å². The van der Waals surface area contributed by atoms with Gasteiger partial charge in [0.15, 0.2) is 0 Å². The van der Waals surface area contributed by atoms with Crippen molar-refractivity contribution in [2.24, 2.45) is 0 Å². The fraction of sp³-hybridized carbons (Fsp3) is 0.167. The third kappa shape index (κ3) is 3.67. The maximum absolute atomic E-state index is 4.50. The number of fused-ring (bicyclic) bond motifs is 1. The second-order valence-corrected chi connectivity index (χ2v) is 6.70. The van der Waals surface area contributed by atoms with Crippen LogP contribution < -0.4 is 4.90 Å². The SMILES string of the molecule is CCCC/C=C(/N(c1ccccc1)c1ccccc1)n1nnc2ccccc21. The summed E-state index contributed by atoms with van der Waals surface area (Å²) in [5.41, 5.74) is 4.08. The fourth-order valence-corrected chi connectivity index (χ4v) is 3.31. The van der Waals surface area contributed by atoms with Crippen LogP contribution in [0.15, 0.2) is 91.0 Å². The second kappa shape index (κ2) is 8.53. The standard InChI is InChI=1S/C24H24N4/c1-2-3-6-19-24(28-23-18-12-11-17-22(23)25-26-28)27(20-13-7-4-8-14-20)21-15-9-5-10-16-21/h4-5,7-19H,2-3,6H2,1H3/b24-19-. The zero-order chi connectivity index (χ0) is 19.2. The Hall–Kier alpha value is -3.40. The summed E-state index contributed by atoms with van der Waals surface area (Å²) in [6.45, 7) is 2.21. The molecule has 0 bridgehead atoms. The largest absolute Gasteiger partial charge is 0.295 e. The molecule has 4 heteroatoms. The summed E-state index contributed by atoms with van der Waals surface area (Å²) in [5.74, 6) is 1.000. The molecule has 0 aliphatic rings. The lowest BCUT2D eigenvalue weighted by atomic mass is 10.2. The van der Waals surface area contributed by atoms with E-state index in [-0.39, 0.29) is 0 Å². The van der Waals surface area contributed by atoms with E-state index in [9.17, 15) is 0 Å². The smallest absolute Gasteiger partial charge is 0.137 e. The van der Waals surface area contributed by atoms with Gasteiger partial charge in [0.1, 0.15) is 11.3 Å². The minimum Gasteiger partial charge on any atom is -0.295 e. The Kier molecular flexibility index (Phi) is 5.48. The third-order valence-corrected chi connectivity index (χ3v) is 4.71. The number of hydrogen-bond donors (Lipinski definition) is 0. The molecule has 28 heavy (non-hydrogen) atoms. The van der Waals surface area contributed by atoms with Gasteiger partial charge in [0.05, 0.1) is 5.52 Å². The minimum absolute atomic E-state index is 0.893. The Morgan fingerprint density at radius 1 is 0.857 bits per heavy atom. The molecule has 0 N–H and O–H groups in total. The molecule has 4 rings (SSSR count). The highest BCUT2D eigenvalue weighted by molar-refractivity contribution is 5.85. The van der Waals surface area contributed by atoms with Gasteiger partial charge in [-0.25, -0.2) is 0 Å². The number of unbranched alkanes of at least 4 members (excludes halogenated alkanes) is 2. The molecular formula is C24H24N4. The molecule has 0 unspecified atom stereocenters. The van der Waals surface area contributed by atoms with Crippen molar-refractivity contribution in [1.29, 1.82) is 0 Å². The number of anilines is 2. The Bertz CT molecular complexity index is 1010. The highest BCUT2D eigenvalue weighted by Gasteiger charge is 2.19. The Balaban J connectivity index is 1.90. The number of rotatable bonds is 7. The van der Waals surface area contributed by atoms with Crippen LogP contribution in [0.1, 0.15) is 26.2 Å². The molecule has 0 amide bonds. The lowest BCUT2D eigenvalue weighted by Gasteiger charge is -2.28. The minimum atomic E-state index is 0.893. The van der Waals surface area contributed by atoms with E-state index >= 15 is 0 Å². The molecule has 0 saturated heterocycles. The van der Waals surface area contributed by atoms with Crippen molar-refractivity contribution >= 4 is 28.2 Å². The molecule has 0 spiro atoms. The van der Waals surface area contributed by atoms with E-state index in [1.165, 1.54) is 0 Å². The number of nitrogens with zero attached hydrogens (tertiary/aromatic N) is 4. The van der Waals surface area contributed by atoms with Gasteiger partial charge in [0, 0.05) is 11.4 Å². The van der Waals surface area contributed by atoms with Crippen molar-refractivity contribution in [3.8, 4) is 0 Å². The van der Waals surface area contributed by atoms with Crippen LogP contribution in [-0.2, 0) is 0 Å². The monoisotopic (exact) mass is 368 g/mol. The molecule has 0 aliphatic heterocycles. The highest BCUT2D eigenvalue weighted by atomic mass is 15.5. The van der Waals surface area contributed by atoms with E-state index in [1.807, 2.05) is 35.0 Å². The van der Waals surface area contributed by atoms with Crippen LogP contribution in [0, 0.1) is 0 Å². The topological polar surface area (TPSA) is 34.0 Å². The van der Waals surface area contributed by atoms with Crippen LogP contribution in [-0.4, -0.2) is 15.0 Å². The van der Waals surface area contributed by atoms with E-state index in [1.54, 1.807) is 0 Å². The van der Waals surface area contributed by atoms with Gasteiger partial charge >= 0.3 is 0 Å². The van der Waals surface area contributed by atoms with E-state index in [0.717, 1.165) is 47.5 Å². The van der Waals surface area contributed by atoms with Crippen LogP contribution in [0.2, 0.25) is 0 Å². The van der Waals surface area contributed by atoms with E-state index in [0.29, 0.717) is 0 Å². The molecule has 1 aromatic heterocycles. The first-order valence-electron chi connectivity index (χ1n) is 9.79. The van der Waals surface area contributed by atoms with Gasteiger partial charge in [-0.05, 0) is 55.3 Å². The van der Waals surface area contributed by atoms with Gasteiger partial charge in [0.2, 0.25) is 0 Å². The van der Waals surface area contributed by atoms with E-state index in [4.69, 9.17) is 0 Å². The maximum Gasteiger partial charge on any atom is 0.137 e. The summed E-state index contributed by atoms with van der Waals surface area (Å²) in [7, 11) is 0. The molecule has 0 aliphatic carbocycles. The second-order valence-electron chi connectivity index (χ2n) is 6.70. The number of benzene rings is 3. The Labute approximate surface area is 165 Å². The number of para-hydroxylation sites is 3. The number of allylic oxidation sites excluding steroid dienone is 1. The first kappa shape index (κ1) is 18.0. The van der Waals surface area contributed by atoms with Crippen LogP contribution in [0.3, 0.4) is 0 Å². The van der Waals surface area contributed by atoms with Crippen LogP contribution in [0.25, 0.3) is 16.9 Å². The van der Waals surface area contributed by atoms with E-state index in [2.05, 4.69) is 82.8 Å². The van der Waals surface area contributed by atoms with E-state index < -0.39 is 0 Å². The first-order chi connectivity index (χ1) is 13.9. The summed E-state index contributed by atoms with van der Waals surface area (Å²) in [6, 6.07) is 28.9. The molecule has 4 nitrogen and oxygen atoms in total. The average molecular weight is 368 g/mol. The molecule has 0 atom stereocenters. The molecular weight excluding hydrogens is 344 g/mol. The van der Waals surface area contributed by atoms with Crippen LogP contribution in [0.5, 0.6) is 0 Å². The summed E-state index contributed by atoms with van der Waals surface area (Å²) >= 11 is 0. The van der Waals surface area contributed by atoms with Crippen molar-refractivity contribution in [2.45, 2.75) is 26.2 Å². The van der Waals surface area contributed by atoms with Gasteiger partial charge in [0.25, 0.3) is 0 Å². The summed E-state index contributed by atoms with van der Waals surface area (Å²) < 4.78 is 1.95. The summed E-state index contributed by atoms with van der Waals surface area (Å²) in [4.78, 5) is 2.25. The molecule has 4 aromatic rings. The number of hydrogen-bond acceptors (Lipinski definition) is 3. The zero-order valence-corrected chi connectivity index (χ0v) is 16.1. The predicted molar refractivity (Wildman–Crippen MR) is 116 cm³/mol. The number of aromatic nitrogens is 3. The normalized spacial score (nSPS) is 11.7. The molecule has 140 valence electrons. The molecule has 0 saturated carbocycles. The zero-order valence-electron chi connectivity index (χ0n) is 16.1. The molecule has 0 radical (unpaired) electrons. The highest BCUT2D eigenvalue weighted by Crippen LogP contribution is 2.33. The Morgan fingerprint density at radius 2 is 1.46 bits per heavy atom. The van der Waals surface area contributed by atoms with Crippen molar-refractivity contribution in [2.75, 3.05) is 4.90 Å². The van der Waals surface area contributed by atoms with Gasteiger partial charge in [-0.1, -0.05) is 67.1 Å².